The summed E-state index contributed by atoms with van der Waals surface area (Å²) in [6.07, 6.45) is -3.90. The van der Waals surface area contributed by atoms with Crippen LogP contribution < -0.4 is 16.2 Å². The highest BCUT2D eigenvalue weighted by molar-refractivity contribution is 6.00. The molecule has 4 aromatic rings. The maximum atomic E-state index is 14.8. The Hall–Kier alpha value is -4.74. The molecule has 4 rings (SSSR count). The molecule has 1 heterocycles. The molecule has 1 aromatic heterocycles. The summed E-state index contributed by atoms with van der Waals surface area (Å²) < 4.78 is 70.0. The van der Waals surface area contributed by atoms with E-state index < -0.39 is 66.4 Å². The molecule has 44 heavy (non-hydrogen) atoms. The van der Waals surface area contributed by atoms with Crippen LogP contribution in [0.25, 0.3) is 21.9 Å². The van der Waals surface area contributed by atoms with Crippen LogP contribution in [0.5, 0.6) is 0 Å². The molecule has 3 aromatic carbocycles. The SMILES string of the molecule is Cc1cc(C)n(C)c(=O)c1-c1ccc(CC(NC(=O)c2c(F)cc(NC(CCF)C(F)F)cc2F)C(=O)O)c2ccccc12. The maximum Gasteiger partial charge on any atom is 0.326 e. The highest BCUT2D eigenvalue weighted by Gasteiger charge is 2.28. The van der Waals surface area contributed by atoms with E-state index in [1.165, 1.54) is 4.57 Å². The Morgan fingerprint density at radius 1 is 0.977 bits per heavy atom. The number of rotatable bonds is 11. The summed E-state index contributed by atoms with van der Waals surface area (Å²) in [5.41, 5.74) is 1.41. The molecule has 0 saturated carbocycles. The summed E-state index contributed by atoms with van der Waals surface area (Å²) in [4.78, 5) is 38.2. The number of nitrogens with zero attached hydrogens (tertiary/aromatic N) is 1. The molecule has 0 aliphatic carbocycles. The zero-order valence-electron chi connectivity index (χ0n) is 24.1. The van der Waals surface area contributed by atoms with E-state index in [0.29, 0.717) is 39.6 Å². The number of hydrogen-bond acceptors (Lipinski definition) is 4. The van der Waals surface area contributed by atoms with Gasteiger partial charge in [-0.25, -0.2) is 22.4 Å². The highest BCUT2D eigenvalue weighted by Crippen LogP contribution is 2.32. The Morgan fingerprint density at radius 3 is 2.20 bits per heavy atom. The highest BCUT2D eigenvalue weighted by atomic mass is 19.3. The van der Waals surface area contributed by atoms with Gasteiger partial charge in [0.2, 0.25) is 0 Å². The minimum absolute atomic E-state index is 0.200. The molecule has 0 bridgehead atoms. The summed E-state index contributed by atoms with van der Waals surface area (Å²) in [5.74, 6) is -5.69. The Morgan fingerprint density at radius 2 is 1.61 bits per heavy atom. The van der Waals surface area contributed by atoms with Gasteiger partial charge in [0.15, 0.2) is 0 Å². The van der Waals surface area contributed by atoms with Gasteiger partial charge < -0.3 is 20.3 Å². The number of pyridine rings is 1. The number of carboxylic acids is 1. The topological polar surface area (TPSA) is 100 Å². The second-order valence-electron chi connectivity index (χ2n) is 10.5. The molecule has 3 N–H and O–H groups in total. The van der Waals surface area contributed by atoms with Gasteiger partial charge in [-0.1, -0.05) is 36.4 Å². The number of fused-ring (bicyclic) bond motifs is 1. The van der Waals surface area contributed by atoms with Crippen molar-refractivity contribution in [2.45, 2.75) is 45.2 Å². The van der Waals surface area contributed by atoms with Gasteiger partial charge in [0, 0.05) is 31.3 Å². The molecule has 0 fully saturated rings. The second kappa shape index (κ2) is 13.3. The lowest BCUT2D eigenvalue weighted by molar-refractivity contribution is -0.139. The first-order chi connectivity index (χ1) is 20.8. The predicted molar refractivity (Wildman–Crippen MR) is 157 cm³/mol. The van der Waals surface area contributed by atoms with Crippen LogP contribution in [0.15, 0.2) is 59.4 Å². The number of anilines is 1. The van der Waals surface area contributed by atoms with E-state index in [9.17, 15) is 41.4 Å². The van der Waals surface area contributed by atoms with E-state index in [-0.39, 0.29) is 12.0 Å². The molecule has 2 atom stereocenters. The molecule has 0 aliphatic rings. The molecule has 0 radical (unpaired) electrons. The third kappa shape index (κ3) is 6.58. The first kappa shape index (κ1) is 32.2. The Kier molecular flexibility index (Phi) is 9.71. The fraction of sp³-hybridized carbons (Fsp3) is 0.281. The van der Waals surface area contributed by atoms with Gasteiger partial charge in [0.05, 0.1) is 18.3 Å². The third-order valence-electron chi connectivity index (χ3n) is 7.52. The third-order valence-corrected chi connectivity index (χ3v) is 7.52. The Balaban J connectivity index is 1.65. The normalized spacial score (nSPS) is 12.8. The number of amides is 1. The predicted octanol–water partition coefficient (Wildman–Crippen LogP) is 5.93. The van der Waals surface area contributed by atoms with Crippen molar-refractivity contribution in [1.82, 2.24) is 9.88 Å². The van der Waals surface area contributed by atoms with E-state index in [4.69, 9.17) is 0 Å². The van der Waals surface area contributed by atoms with Gasteiger partial charge in [-0.2, -0.15) is 0 Å². The van der Waals surface area contributed by atoms with Gasteiger partial charge in [-0.3, -0.25) is 14.0 Å². The van der Waals surface area contributed by atoms with Crippen LogP contribution in [0.4, 0.5) is 27.6 Å². The summed E-state index contributed by atoms with van der Waals surface area (Å²) in [6.45, 7) is 2.55. The van der Waals surface area contributed by atoms with Gasteiger partial charge in [0.1, 0.15) is 23.2 Å². The van der Waals surface area contributed by atoms with Crippen LogP contribution in [0.3, 0.4) is 0 Å². The van der Waals surface area contributed by atoms with Crippen LogP contribution in [-0.2, 0) is 18.3 Å². The van der Waals surface area contributed by atoms with E-state index in [2.05, 4.69) is 10.6 Å². The molecule has 0 aliphatic heterocycles. The molecule has 0 spiro atoms. The number of halogens is 5. The molecule has 7 nitrogen and oxygen atoms in total. The fourth-order valence-corrected chi connectivity index (χ4v) is 5.18. The summed E-state index contributed by atoms with van der Waals surface area (Å²) >= 11 is 0. The zero-order chi connectivity index (χ0) is 32.3. The number of nitrogens with one attached hydrogen (secondary N) is 2. The number of aryl methyl sites for hydroxylation is 2. The number of hydrogen-bond donors (Lipinski definition) is 3. The maximum absolute atomic E-state index is 14.8. The summed E-state index contributed by atoms with van der Waals surface area (Å²) in [5, 5.41) is 15.5. The minimum atomic E-state index is -3.02. The van der Waals surface area contributed by atoms with Crippen LogP contribution in [0.1, 0.15) is 33.6 Å². The molecule has 232 valence electrons. The van der Waals surface area contributed by atoms with Crippen molar-refractivity contribution in [3.05, 3.63) is 99.0 Å². The quantitative estimate of drug-likeness (QED) is 0.182. The molecule has 0 saturated heterocycles. The zero-order valence-corrected chi connectivity index (χ0v) is 24.1. The van der Waals surface area contributed by atoms with Gasteiger partial charge in [-0.15, -0.1) is 0 Å². The standard InChI is InChI=1S/C32H30F5N3O4/c1-16-12-17(2)40(3)31(42)27(16)22-9-8-18(20-6-4-5-7-21(20)22)13-26(32(43)44)39-30(41)28-23(34)14-19(15-24(28)35)38-25(10-11-33)29(36)37/h4-9,12,14-15,25-26,29,38H,10-11,13H2,1-3H3,(H,39,41)(H,43,44). The van der Waals surface area contributed by atoms with E-state index >= 15 is 0 Å². The first-order valence-corrected chi connectivity index (χ1v) is 13.7. The minimum Gasteiger partial charge on any atom is -0.480 e. The van der Waals surface area contributed by atoms with Crippen LogP contribution in [-0.4, -0.2) is 46.7 Å². The summed E-state index contributed by atoms with van der Waals surface area (Å²) in [7, 11) is 1.67. The second-order valence-corrected chi connectivity index (χ2v) is 10.5. The lowest BCUT2D eigenvalue weighted by Gasteiger charge is -2.20. The smallest absolute Gasteiger partial charge is 0.326 e. The molecule has 12 heteroatoms. The van der Waals surface area contributed by atoms with Gasteiger partial charge in [0.25, 0.3) is 17.9 Å². The fourth-order valence-electron chi connectivity index (χ4n) is 5.18. The van der Waals surface area contributed by atoms with Crippen LogP contribution in [0.2, 0.25) is 0 Å². The Bertz CT molecular complexity index is 1770. The number of carboxylic acid groups (broad SMARTS) is 1. The summed E-state index contributed by atoms with van der Waals surface area (Å²) in [6, 6.07) is 10.1. The first-order valence-electron chi connectivity index (χ1n) is 13.7. The lowest BCUT2D eigenvalue weighted by Crippen LogP contribution is -2.43. The lowest BCUT2D eigenvalue weighted by atomic mass is 9.91. The van der Waals surface area contributed by atoms with Crippen molar-refractivity contribution in [3.8, 4) is 11.1 Å². The van der Waals surface area contributed by atoms with Crippen molar-refractivity contribution in [2.24, 2.45) is 7.05 Å². The average molecular weight is 616 g/mol. The average Bonchev–Trinajstić information content (AvgIpc) is 2.95. The molecule has 2 unspecified atom stereocenters. The van der Waals surface area contributed by atoms with Crippen molar-refractivity contribution in [1.29, 1.82) is 0 Å². The number of benzene rings is 3. The molecular weight excluding hydrogens is 585 g/mol. The van der Waals surface area contributed by atoms with Crippen LogP contribution in [0, 0.1) is 25.5 Å². The number of carbonyl (C=O) groups is 2. The van der Waals surface area contributed by atoms with Crippen molar-refractivity contribution in [2.75, 3.05) is 12.0 Å². The Labute approximate surface area is 249 Å². The molecule has 1 amide bonds. The molecular formula is C32H30F5N3O4. The van der Waals surface area contributed by atoms with Gasteiger partial charge in [-0.05, 0) is 59.5 Å². The number of aliphatic carboxylic acids is 1. The number of carbonyl (C=O) groups excluding carboxylic acids is 1. The van der Waals surface area contributed by atoms with Crippen molar-refractivity contribution >= 4 is 28.3 Å². The van der Waals surface area contributed by atoms with E-state index in [1.807, 2.05) is 19.9 Å². The monoisotopic (exact) mass is 615 g/mol. The number of alkyl halides is 3. The van der Waals surface area contributed by atoms with Crippen LogP contribution >= 0.6 is 0 Å². The van der Waals surface area contributed by atoms with E-state index in [1.54, 1.807) is 43.4 Å². The van der Waals surface area contributed by atoms with E-state index in [0.717, 1.165) is 11.3 Å². The number of aromatic nitrogens is 1. The van der Waals surface area contributed by atoms with Crippen molar-refractivity contribution in [3.63, 3.8) is 0 Å². The largest absolute Gasteiger partial charge is 0.480 e. The van der Waals surface area contributed by atoms with Crippen molar-refractivity contribution < 1.29 is 36.6 Å². The van der Waals surface area contributed by atoms with Gasteiger partial charge >= 0.3 is 5.97 Å².